The van der Waals surface area contributed by atoms with E-state index in [-0.39, 0.29) is 36.2 Å². The predicted octanol–water partition coefficient (Wildman–Crippen LogP) is 5.20. The highest BCUT2D eigenvalue weighted by molar-refractivity contribution is 6.35. The lowest BCUT2D eigenvalue weighted by atomic mass is 9.86. The third-order valence-electron chi connectivity index (χ3n) is 7.39. The third-order valence-corrected chi connectivity index (χ3v) is 7.77. The highest BCUT2D eigenvalue weighted by Gasteiger charge is 2.57. The number of methoxy groups -OCH3 is 1. The number of nitrogens with one attached hydrogen (secondary N) is 1. The Bertz CT molecular complexity index is 1050. The molecule has 3 aliphatic rings. The molecule has 0 aliphatic carbocycles. The maximum Gasteiger partial charge on any atom is 0.407 e. The summed E-state index contributed by atoms with van der Waals surface area (Å²) in [7, 11) is 3.32. The molecule has 3 heterocycles. The molecular weight excluding hydrogens is 468 g/mol. The molecule has 7 nitrogen and oxygen atoms in total. The number of amides is 2. The molecule has 3 aliphatic heterocycles. The van der Waals surface area contributed by atoms with Crippen LogP contribution >= 0.6 is 11.6 Å². The monoisotopic (exact) mass is 502 g/mol. The van der Waals surface area contributed by atoms with Crippen LogP contribution in [0.3, 0.4) is 0 Å². The molecule has 0 saturated carbocycles. The summed E-state index contributed by atoms with van der Waals surface area (Å²) in [5.74, 6) is 0.531. The van der Waals surface area contributed by atoms with E-state index in [0.29, 0.717) is 35.7 Å². The molecule has 0 aromatic heterocycles. The maximum absolute atomic E-state index is 13.2. The fourth-order valence-electron chi connectivity index (χ4n) is 5.16. The Hall–Kier alpha value is -2.51. The molecule has 35 heavy (non-hydrogen) atoms. The molecule has 2 fully saturated rings. The van der Waals surface area contributed by atoms with Crippen LogP contribution in [-0.2, 0) is 20.7 Å². The number of epoxide rings is 1. The van der Waals surface area contributed by atoms with Gasteiger partial charge in [0.25, 0.3) is 0 Å². The second-order valence-electron chi connectivity index (χ2n) is 10.2. The van der Waals surface area contributed by atoms with Gasteiger partial charge in [-0.3, -0.25) is 4.79 Å². The van der Waals surface area contributed by atoms with Crippen molar-refractivity contribution < 1.29 is 23.8 Å². The zero-order valence-corrected chi connectivity index (χ0v) is 21.9. The van der Waals surface area contributed by atoms with Crippen molar-refractivity contribution in [1.82, 2.24) is 5.32 Å². The van der Waals surface area contributed by atoms with E-state index in [0.717, 1.165) is 24.0 Å². The molecule has 190 valence electrons. The Morgan fingerprint density at radius 2 is 2.06 bits per heavy atom. The van der Waals surface area contributed by atoms with Crippen LogP contribution in [-0.4, -0.2) is 50.0 Å². The Kier molecular flexibility index (Phi) is 7.48. The molecule has 4 bridgehead atoms. The summed E-state index contributed by atoms with van der Waals surface area (Å²) in [5, 5.41) is 3.35. The first-order valence-corrected chi connectivity index (χ1v) is 12.6. The lowest BCUT2D eigenvalue weighted by Gasteiger charge is -2.33. The molecule has 1 unspecified atom stereocenters. The molecule has 0 spiro atoms. The van der Waals surface area contributed by atoms with Gasteiger partial charge in [-0.1, -0.05) is 42.3 Å². The van der Waals surface area contributed by atoms with E-state index < -0.39 is 5.60 Å². The van der Waals surface area contributed by atoms with Gasteiger partial charge < -0.3 is 24.4 Å². The summed E-state index contributed by atoms with van der Waals surface area (Å²) in [6.45, 7) is 6.15. The van der Waals surface area contributed by atoms with Crippen molar-refractivity contribution in [2.45, 2.75) is 76.7 Å². The minimum atomic E-state index is -0.421. The number of carbonyl (C=O) groups is 2. The Labute approximate surface area is 212 Å². The van der Waals surface area contributed by atoms with Gasteiger partial charge in [0.1, 0.15) is 16.9 Å². The average Bonchev–Trinajstić information content (AvgIpc) is 3.50. The Morgan fingerprint density at radius 3 is 2.80 bits per heavy atom. The molecule has 4 rings (SSSR count). The predicted molar refractivity (Wildman–Crippen MR) is 136 cm³/mol. The summed E-state index contributed by atoms with van der Waals surface area (Å²) in [5.41, 5.74) is 2.37. The number of nitrogens with zero attached hydrogens (tertiary/aromatic N) is 1. The van der Waals surface area contributed by atoms with Gasteiger partial charge in [-0.15, -0.1) is 0 Å². The first kappa shape index (κ1) is 25.6. The smallest absolute Gasteiger partial charge is 0.407 e. The van der Waals surface area contributed by atoms with E-state index in [9.17, 15) is 9.59 Å². The molecule has 2 amide bonds. The van der Waals surface area contributed by atoms with Crippen molar-refractivity contribution in [3.63, 3.8) is 0 Å². The van der Waals surface area contributed by atoms with Crippen LogP contribution in [0.5, 0.6) is 5.75 Å². The van der Waals surface area contributed by atoms with Crippen molar-refractivity contribution >= 4 is 29.3 Å². The molecule has 8 heteroatoms. The van der Waals surface area contributed by atoms with Crippen LogP contribution in [0, 0.1) is 5.92 Å². The van der Waals surface area contributed by atoms with Crippen molar-refractivity contribution in [1.29, 1.82) is 0 Å². The van der Waals surface area contributed by atoms with E-state index in [1.54, 1.807) is 19.1 Å². The second-order valence-corrected chi connectivity index (χ2v) is 10.5. The number of hydrogen-bond donors (Lipinski definition) is 1. The van der Waals surface area contributed by atoms with Crippen LogP contribution in [0.4, 0.5) is 10.5 Å². The fourth-order valence-corrected chi connectivity index (χ4v) is 5.48. The number of anilines is 1. The molecule has 0 radical (unpaired) electrons. The largest absolute Gasteiger partial charge is 0.495 e. The zero-order chi connectivity index (χ0) is 25.3. The minimum Gasteiger partial charge on any atom is -0.495 e. The van der Waals surface area contributed by atoms with Gasteiger partial charge in [0.15, 0.2) is 0 Å². The SMILES string of the molecule is COc1cc2cc(c1Cl)N(C)C(=O)CC[C@]1(C)O[C@H]1[C@H](C)[C@@H]1CC(C/C=C/C=C(\C)C2)NC(=O)O1. The summed E-state index contributed by atoms with van der Waals surface area (Å²) in [6, 6.07) is 3.88. The Morgan fingerprint density at radius 1 is 1.29 bits per heavy atom. The number of carbonyl (C=O) groups excluding carboxylic acids is 2. The topological polar surface area (TPSA) is 80.4 Å². The van der Waals surface area contributed by atoms with Gasteiger partial charge in [0.05, 0.1) is 24.5 Å². The molecule has 1 aromatic carbocycles. The average molecular weight is 503 g/mol. The number of rotatable bonds is 1. The first-order chi connectivity index (χ1) is 16.6. The van der Waals surface area contributed by atoms with Gasteiger partial charge in [-0.05, 0) is 50.8 Å². The number of fused-ring (bicyclic) bond motifs is 5. The molecule has 2 saturated heterocycles. The van der Waals surface area contributed by atoms with Crippen LogP contribution in [0.1, 0.15) is 52.0 Å². The lowest BCUT2D eigenvalue weighted by Crippen LogP contribution is -2.48. The second kappa shape index (κ2) is 10.2. The zero-order valence-electron chi connectivity index (χ0n) is 21.1. The lowest BCUT2D eigenvalue weighted by molar-refractivity contribution is -0.118. The van der Waals surface area contributed by atoms with Gasteiger partial charge >= 0.3 is 6.09 Å². The summed E-state index contributed by atoms with van der Waals surface area (Å²) in [4.78, 5) is 27.0. The number of benzene rings is 1. The molecule has 1 aromatic rings. The fraction of sp³-hybridized carbons (Fsp3) is 0.556. The van der Waals surface area contributed by atoms with Crippen LogP contribution < -0.4 is 15.0 Å². The normalized spacial score (nSPS) is 34.1. The van der Waals surface area contributed by atoms with Crippen molar-refractivity contribution in [3.05, 3.63) is 46.5 Å². The maximum atomic E-state index is 13.2. The third kappa shape index (κ3) is 5.67. The number of halogens is 1. The summed E-state index contributed by atoms with van der Waals surface area (Å²) >= 11 is 6.60. The van der Waals surface area contributed by atoms with Crippen LogP contribution in [0.2, 0.25) is 5.02 Å². The first-order valence-electron chi connectivity index (χ1n) is 12.2. The van der Waals surface area contributed by atoms with E-state index in [1.807, 2.05) is 25.1 Å². The van der Waals surface area contributed by atoms with E-state index in [1.165, 1.54) is 0 Å². The highest BCUT2D eigenvalue weighted by atomic mass is 35.5. The van der Waals surface area contributed by atoms with E-state index >= 15 is 0 Å². The molecule has 1 N–H and O–H groups in total. The van der Waals surface area contributed by atoms with Gasteiger partial charge in [0, 0.05) is 31.8 Å². The summed E-state index contributed by atoms with van der Waals surface area (Å²) in [6.07, 6.45) is 8.53. The molecular formula is C27H35ClN2O5. The Balaban J connectivity index is 1.63. The van der Waals surface area contributed by atoms with Crippen LogP contribution in [0.25, 0.3) is 0 Å². The van der Waals surface area contributed by atoms with Gasteiger partial charge in [-0.2, -0.15) is 0 Å². The van der Waals surface area contributed by atoms with E-state index in [4.69, 9.17) is 25.8 Å². The quantitative estimate of drug-likeness (QED) is 0.534. The van der Waals surface area contributed by atoms with Gasteiger partial charge in [-0.25, -0.2) is 4.79 Å². The number of alkyl carbamates (subject to hydrolysis) is 1. The highest BCUT2D eigenvalue weighted by Crippen LogP contribution is 2.47. The van der Waals surface area contributed by atoms with Crippen molar-refractivity contribution in [2.24, 2.45) is 5.92 Å². The molecule has 5 atom stereocenters. The van der Waals surface area contributed by atoms with E-state index in [2.05, 4.69) is 31.3 Å². The minimum absolute atomic E-state index is 0.0130. The number of hydrogen-bond acceptors (Lipinski definition) is 5. The van der Waals surface area contributed by atoms with Gasteiger partial charge in [0.2, 0.25) is 5.91 Å². The van der Waals surface area contributed by atoms with Crippen molar-refractivity contribution in [3.8, 4) is 5.75 Å². The number of ether oxygens (including phenoxy) is 3. The standard InChI is InChI=1S/C27H35ClN2O5/c1-16-8-6-7-9-19-15-21(34-26(32)29-19)17(2)25-27(3,35-25)11-10-23(31)30(4)20-13-18(12-16)14-22(33-5)24(20)28/h6-8,13-14,17,19,21,25H,9-12,15H2,1-5H3,(H,29,32)/b7-6+,16-8+/t17-,19?,21+,25+,27+/m1/s1. The number of allylic oxidation sites excluding steroid dienone is 3. The van der Waals surface area contributed by atoms with Crippen LogP contribution in [0.15, 0.2) is 35.9 Å². The van der Waals surface area contributed by atoms with Crippen molar-refractivity contribution in [2.75, 3.05) is 19.1 Å². The summed E-state index contributed by atoms with van der Waals surface area (Å²) < 4.78 is 17.2.